The van der Waals surface area contributed by atoms with Crippen molar-refractivity contribution in [3.8, 4) is 11.5 Å². The lowest BCUT2D eigenvalue weighted by molar-refractivity contribution is 0.218. The number of halogens is 2. The number of hydrogen-bond donors (Lipinski definition) is 0. The van der Waals surface area contributed by atoms with E-state index in [9.17, 15) is 0 Å². The van der Waals surface area contributed by atoms with Gasteiger partial charge in [0.15, 0.2) is 11.5 Å². The number of aryl methyl sites for hydroxylation is 1. The molecule has 25 heavy (non-hydrogen) atoms. The van der Waals surface area contributed by atoms with Crippen LogP contribution in [-0.2, 0) is 12.8 Å². The van der Waals surface area contributed by atoms with Crippen molar-refractivity contribution in [2.75, 3.05) is 27.8 Å². The van der Waals surface area contributed by atoms with Crippen LogP contribution in [0, 0.1) is 0 Å². The fourth-order valence-corrected chi connectivity index (χ4v) is 3.61. The Morgan fingerprint density at radius 2 is 1.72 bits per heavy atom. The zero-order chi connectivity index (χ0) is 17.1. The molecule has 0 saturated heterocycles. The van der Waals surface area contributed by atoms with Crippen molar-refractivity contribution in [2.24, 2.45) is 0 Å². The van der Waals surface area contributed by atoms with E-state index in [4.69, 9.17) is 21.1 Å². The lowest BCUT2D eigenvalue weighted by atomic mass is 9.89. The van der Waals surface area contributed by atoms with Crippen LogP contribution in [0.4, 0.5) is 0 Å². The van der Waals surface area contributed by atoms with Gasteiger partial charge in [0.05, 0.1) is 14.2 Å². The van der Waals surface area contributed by atoms with E-state index in [-0.39, 0.29) is 12.4 Å². The van der Waals surface area contributed by atoms with E-state index < -0.39 is 0 Å². The second kappa shape index (κ2) is 8.79. The van der Waals surface area contributed by atoms with Crippen LogP contribution in [0.5, 0.6) is 11.5 Å². The summed E-state index contributed by atoms with van der Waals surface area (Å²) in [6, 6.07) is 12.8. The molecule has 3 rings (SSSR count). The molecule has 0 radical (unpaired) electrons. The Bertz CT molecular complexity index is 704. The van der Waals surface area contributed by atoms with E-state index in [1.807, 2.05) is 12.1 Å². The highest BCUT2D eigenvalue weighted by atomic mass is 35.5. The summed E-state index contributed by atoms with van der Waals surface area (Å²) in [7, 11) is 5.59. The van der Waals surface area contributed by atoms with Crippen LogP contribution in [0.2, 0.25) is 5.02 Å². The average Bonchev–Trinajstić information content (AvgIpc) is 2.61. The molecule has 1 heterocycles. The van der Waals surface area contributed by atoms with Crippen molar-refractivity contribution in [2.45, 2.75) is 25.3 Å². The van der Waals surface area contributed by atoms with Crippen molar-refractivity contribution in [3.05, 3.63) is 58.1 Å². The van der Waals surface area contributed by atoms with E-state index in [0.717, 1.165) is 42.3 Å². The first-order valence-electron chi connectivity index (χ1n) is 8.32. The molecule has 2 aromatic rings. The maximum Gasteiger partial charge on any atom is 0.161 e. The molecule has 0 amide bonds. The molecule has 0 aliphatic carbocycles. The number of nitrogens with zero attached hydrogens (tertiary/aromatic N) is 1. The molecule has 1 aliphatic rings. The molecular weight excluding hydrogens is 357 g/mol. The molecule has 3 nitrogen and oxygen atoms in total. The summed E-state index contributed by atoms with van der Waals surface area (Å²) in [5.74, 6) is 1.63. The van der Waals surface area contributed by atoms with E-state index in [1.165, 1.54) is 16.7 Å². The average molecular weight is 382 g/mol. The fourth-order valence-electron chi connectivity index (χ4n) is 3.48. The van der Waals surface area contributed by atoms with Crippen molar-refractivity contribution < 1.29 is 9.47 Å². The summed E-state index contributed by atoms with van der Waals surface area (Å²) < 4.78 is 11.0. The summed E-state index contributed by atoms with van der Waals surface area (Å²) in [6.07, 6.45) is 3.14. The largest absolute Gasteiger partial charge is 0.493 e. The molecule has 1 aliphatic heterocycles. The van der Waals surface area contributed by atoms with Gasteiger partial charge in [-0.05, 0) is 67.3 Å². The molecule has 1 unspecified atom stereocenters. The second-order valence-corrected chi connectivity index (χ2v) is 6.75. The first-order valence-corrected chi connectivity index (χ1v) is 8.69. The monoisotopic (exact) mass is 381 g/mol. The molecule has 2 aromatic carbocycles. The van der Waals surface area contributed by atoms with Crippen LogP contribution < -0.4 is 9.47 Å². The van der Waals surface area contributed by atoms with Gasteiger partial charge in [-0.25, -0.2) is 0 Å². The summed E-state index contributed by atoms with van der Waals surface area (Å²) >= 11 is 5.98. The first kappa shape index (κ1) is 19.9. The molecule has 0 saturated carbocycles. The Morgan fingerprint density at radius 1 is 1.08 bits per heavy atom. The molecule has 0 spiro atoms. The number of fused-ring (bicyclic) bond motifs is 1. The zero-order valence-corrected chi connectivity index (χ0v) is 16.5. The van der Waals surface area contributed by atoms with Gasteiger partial charge in [-0.15, -0.1) is 12.4 Å². The number of rotatable bonds is 5. The normalized spacial score (nSPS) is 16.7. The van der Waals surface area contributed by atoms with Crippen LogP contribution in [0.15, 0.2) is 36.4 Å². The Balaban J connectivity index is 0.00000225. The Hall–Kier alpha value is -1.42. The lowest BCUT2D eigenvalue weighted by Gasteiger charge is -2.35. The van der Waals surface area contributed by atoms with Crippen molar-refractivity contribution in [1.29, 1.82) is 0 Å². The van der Waals surface area contributed by atoms with Gasteiger partial charge in [-0.3, -0.25) is 4.90 Å². The molecule has 0 N–H and O–H groups in total. The highest BCUT2D eigenvalue weighted by molar-refractivity contribution is 6.30. The van der Waals surface area contributed by atoms with Crippen molar-refractivity contribution >= 4 is 24.0 Å². The highest BCUT2D eigenvalue weighted by Crippen LogP contribution is 2.39. The Morgan fingerprint density at radius 3 is 2.36 bits per heavy atom. The number of methoxy groups -OCH3 is 2. The fraction of sp³-hybridized carbons (Fsp3) is 0.400. The SMILES string of the molecule is COc1cc2c(cc1OC)C(CCc1ccc(Cl)cc1)N(C)CC2.Cl. The maximum atomic E-state index is 5.98. The van der Waals surface area contributed by atoms with Gasteiger partial charge in [0.1, 0.15) is 0 Å². The number of likely N-dealkylation sites (N-methyl/N-ethyl adjacent to an activating group) is 1. The van der Waals surface area contributed by atoms with Crippen LogP contribution in [0.1, 0.15) is 29.2 Å². The van der Waals surface area contributed by atoms with Crippen LogP contribution in [0.25, 0.3) is 0 Å². The van der Waals surface area contributed by atoms with Crippen molar-refractivity contribution in [1.82, 2.24) is 4.90 Å². The minimum absolute atomic E-state index is 0. The quantitative estimate of drug-likeness (QED) is 0.731. The predicted molar refractivity (Wildman–Crippen MR) is 106 cm³/mol. The van der Waals surface area contributed by atoms with E-state index in [0.29, 0.717) is 6.04 Å². The van der Waals surface area contributed by atoms with Gasteiger partial charge < -0.3 is 9.47 Å². The predicted octanol–water partition coefficient (Wildman–Crippen LogP) is 4.94. The standard InChI is InChI=1S/C20H24ClNO2.ClH/c1-22-11-10-15-12-19(23-2)20(24-3)13-17(15)18(22)9-6-14-4-7-16(21)8-5-14;/h4-5,7-8,12-13,18H,6,9-11H2,1-3H3;1H. The molecule has 5 heteroatoms. The summed E-state index contributed by atoms with van der Waals surface area (Å²) in [5.41, 5.74) is 4.04. The summed E-state index contributed by atoms with van der Waals surface area (Å²) in [6.45, 7) is 1.06. The topological polar surface area (TPSA) is 21.7 Å². The number of ether oxygens (including phenoxy) is 2. The van der Waals surface area contributed by atoms with Gasteiger partial charge in [0.25, 0.3) is 0 Å². The summed E-state index contributed by atoms with van der Waals surface area (Å²) in [5, 5.41) is 0.788. The van der Waals surface area contributed by atoms with Gasteiger partial charge in [-0.2, -0.15) is 0 Å². The third kappa shape index (κ3) is 4.41. The minimum atomic E-state index is 0. The Kier molecular flexibility index (Phi) is 7.00. The smallest absolute Gasteiger partial charge is 0.161 e. The first-order chi connectivity index (χ1) is 11.6. The molecule has 0 bridgehead atoms. The third-order valence-corrected chi connectivity index (χ3v) is 5.14. The number of hydrogen-bond acceptors (Lipinski definition) is 3. The van der Waals surface area contributed by atoms with E-state index >= 15 is 0 Å². The van der Waals surface area contributed by atoms with Gasteiger partial charge in [0, 0.05) is 17.6 Å². The van der Waals surface area contributed by atoms with E-state index in [2.05, 4.69) is 36.2 Å². The number of benzene rings is 2. The van der Waals surface area contributed by atoms with E-state index in [1.54, 1.807) is 14.2 Å². The Labute approximate surface area is 161 Å². The van der Waals surface area contributed by atoms with Gasteiger partial charge in [-0.1, -0.05) is 23.7 Å². The highest BCUT2D eigenvalue weighted by Gasteiger charge is 2.26. The van der Waals surface area contributed by atoms with Crippen LogP contribution in [0.3, 0.4) is 0 Å². The second-order valence-electron chi connectivity index (χ2n) is 6.32. The van der Waals surface area contributed by atoms with Crippen molar-refractivity contribution in [3.63, 3.8) is 0 Å². The molecule has 136 valence electrons. The van der Waals surface area contributed by atoms with Gasteiger partial charge >= 0.3 is 0 Å². The molecule has 0 fully saturated rings. The van der Waals surface area contributed by atoms with Crippen LogP contribution >= 0.6 is 24.0 Å². The minimum Gasteiger partial charge on any atom is -0.493 e. The molecule has 1 atom stereocenters. The van der Waals surface area contributed by atoms with Crippen LogP contribution in [-0.4, -0.2) is 32.7 Å². The molecule has 0 aromatic heterocycles. The summed E-state index contributed by atoms with van der Waals surface area (Å²) in [4.78, 5) is 2.43. The maximum absolute atomic E-state index is 5.98. The lowest BCUT2D eigenvalue weighted by Crippen LogP contribution is -2.32. The van der Waals surface area contributed by atoms with Gasteiger partial charge in [0.2, 0.25) is 0 Å². The third-order valence-electron chi connectivity index (χ3n) is 4.89. The molecular formula is C20H25Cl2NO2. The zero-order valence-electron chi connectivity index (χ0n) is 14.9.